The Morgan fingerprint density at radius 2 is 2.11 bits per heavy atom. The van der Waals surface area contributed by atoms with Crippen LogP contribution in [0.1, 0.15) is 21.5 Å². The maximum absolute atomic E-state index is 12.2. The van der Waals surface area contributed by atoms with Gasteiger partial charge < -0.3 is 10.2 Å². The molecule has 0 radical (unpaired) electrons. The van der Waals surface area contributed by atoms with Gasteiger partial charge in [-0.05, 0) is 19.9 Å². The number of carboxylic acid groups (broad SMARTS) is 1. The number of rotatable bonds is 5. The minimum absolute atomic E-state index is 0.0175. The zero-order valence-electron chi connectivity index (χ0n) is 10.2. The van der Waals surface area contributed by atoms with Crippen LogP contribution in [0.25, 0.3) is 0 Å². The van der Waals surface area contributed by atoms with Gasteiger partial charge in [0, 0.05) is 18.0 Å². The molecule has 2 N–H and O–H groups in total. The first-order valence-corrected chi connectivity index (χ1v) is 7.40. The van der Waals surface area contributed by atoms with Gasteiger partial charge >= 0.3 is 5.97 Å². The van der Waals surface area contributed by atoms with Crippen LogP contribution in [0.15, 0.2) is 11.0 Å². The second kappa shape index (κ2) is 5.35. The third-order valence-corrected chi connectivity index (χ3v) is 5.89. The van der Waals surface area contributed by atoms with E-state index in [2.05, 4.69) is 0 Å². The van der Waals surface area contributed by atoms with E-state index in [0.29, 0.717) is 4.88 Å². The average Bonchev–Trinajstić information content (AvgIpc) is 2.70. The van der Waals surface area contributed by atoms with Crippen LogP contribution in [-0.4, -0.2) is 48.6 Å². The molecule has 0 saturated heterocycles. The van der Waals surface area contributed by atoms with Crippen LogP contribution in [-0.2, 0) is 10.0 Å². The number of nitrogens with zero attached hydrogens (tertiary/aromatic N) is 1. The average molecular weight is 293 g/mol. The van der Waals surface area contributed by atoms with Crippen molar-refractivity contribution in [1.29, 1.82) is 0 Å². The van der Waals surface area contributed by atoms with E-state index in [0.717, 1.165) is 21.7 Å². The summed E-state index contributed by atoms with van der Waals surface area (Å²) >= 11 is 0.918. The fraction of sp³-hybridized carbons (Fsp3) is 0.500. The van der Waals surface area contributed by atoms with Gasteiger partial charge in [0.05, 0.1) is 11.5 Å². The summed E-state index contributed by atoms with van der Waals surface area (Å²) in [7, 11) is -2.42. The van der Waals surface area contributed by atoms with Crippen molar-refractivity contribution >= 4 is 27.3 Å². The lowest BCUT2D eigenvalue weighted by Gasteiger charge is -2.22. The second-order valence-corrected chi connectivity index (χ2v) is 7.11. The summed E-state index contributed by atoms with van der Waals surface area (Å²) < 4.78 is 25.5. The zero-order valence-corrected chi connectivity index (χ0v) is 11.9. The first kappa shape index (κ1) is 15.1. The highest BCUT2D eigenvalue weighted by Gasteiger charge is 2.29. The van der Waals surface area contributed by atoms with Gasteiger partial charge in [-0.15, -0.1) is 11.3 Å². The number of likely N-dealkylation sites (N-methyl/N-ethyl adjacent to an activating group) is 1. The van der Waals surface area contributed by atoms with E-state index >= 15 is 0 Å². The number of thiophene rings is 1. The van der Waals surface area contributed by atoms with Crippen LogP contribution in [0, 0.1) is 6.92 Å². The molecule has 1 aromatic rings. The minimum Gasteiger partial charge on any atom is -0.477 e. The molecule has 18 heavy (non-hydrogen) atoms. The van der Waals surface area contributed by atoms with Gasteiger partial charge in [-0.1, -0.05) is 0 Å². The maximum Gasteiger partial charge on any atom is 0.345 e. The van der Waals surface area contributed by atoms with Crippen LogP contribution < -0.4 is 0 Å². The molecule has 0 aromatic carbocycles. The van der Waals surface area contributed by atoms with Gasteiger partial charge in [-0.3, -0.25) is 0 Å². The van der Waals surface area contributed by atoms with Gasteiger partial charge in [0.15, 0.2) is 0 Å². The van der Waals surface area contributed by atoms with Gasteiger partial charge in [0.1, 0.15) is 4.88 Å². The van der Waals surface area contributed by atoms with Crippen molar-refractivity contribution in [1.82, 2.24) is 4.31 Å². The Hall–Kier alpha value is -0.960. The first-order valence-electron chi connectivity index (χ1n) is 5.14. The quantitative estimate of drug-likeness (QED) is 0.835. The molecule has 6 nitrogen and oxygen atoms in total. The first-order chi connectivity index (χ1) is 8.21. The molecule has 0 spiro atoms. The Morgan fingerprint density at radius 3 is 2.50 bits per heavy atom. The van der Waals surface area contributed by atoms with Gasteiger partial charge in [-0.25, -0.2) is 13.2 Å². The Kier molecular flexibility index (Phi) is 4.49. The topological polar surface area (TPSA) is 94.9 Å². The van der Waals surface area contributed by atoms with E-state index in [1.54, 1.807) is 13.8 Å². The van der Waals surface area contributed by atoms with Gasteiger partial charge in [0.2, 0.25) is 10.0 Å². The molecule has 0 aliphatic heterocycles. The lowest BCUT2D eigenvalue weighted by molar-refractivity contribution is 0.0702. The second-order valence-electron chi connectivity index (χ2n) is 3.89. The number of aliphatic hydroxyl groups is 1. The normalized spacial score (nSPS) is 13.8. The van der Waals surface area contributed by atoms with Crippen molar-refractivity contribution in [3.05, 3.63) is 15.8 Å². The van der Waals surface area contributed by atoms with Crippen LogP contribution >= 0.6 is 11.3 Å². The largest absolute Gasteiger partial charge is 0.477 e. The number of carbonyl (C=O) groups is 1. The molecule has 8 heteroatoms. The van der Waals surface area contributed by atoms with Gasteiger partial charge in [0.25, 0.3) is 0 Å². The summed E-state index contributed by atoms with van der Waals surface area (Å²) in [5.41, 5.74) is 0. The number of hydrogen-bond donors (Lipinski definition) is 2. The van der Waals surface area contributed by atoms with Crippen LogP contribution in [0.5, 0.6) is 0 Å². The van der Waals surface area contributed by atoms with Crippen molar-refractivity contribution in [3.63, 3.8) is 0 Å². The minimum atomic E-state index is -3.77. The third-order valence-electron chi connectivity index (χ3n) is 2.62. The SMILES string of the molecule is Cc1sc(C(=O)O)cc1S(=O)(=O)N(C)C(C)CO. The molecule has 0 aliphatic rings. The number of carboxylic acids is 1. The third kappa shape index (κ3) is 2.72. The van der Waals surface area contributed by atoms with E-state index in [1.165, 1.54) is 7.05 Å². The molecule has 0 bridgehead atoms. The Bertz CT molecular complexity index is 549. The summed E-state index contributed by atoms with van der Waals surface area (Å²) in [6.07, 6.45) is 0. The molecule has 102 valence electrons. The highest BCUT2D eigenvalue weighted by atomic mass is 32.2. The standard InChI is InChI=1S/C10H15NO5S2/c1-6(5-12)11(3)18(15,16)9-4-8(10(13)14)17-7(9)2/h4,6,12H,5H2,1-3H3,(H,13,14). The molecule has 1 atom stereocenters. The molecular weight excluding hydrogens is 278 g/mol. The molecule has 1 aromatic heterocycles. The highest BCUT2D eigenvalue weighted by Crippen LogP contribution is 2.28. The monoisotopic (exact) mass is 293 g/mol. The summed E-state index contributed by atoms with van der Waals surface area (Å²) in [6.45, 7) is 2.82. The maximum atomic E-state index is 12.2. The van der Waals surface area contributed by atoms with Crippen molar-refractivity contribution < 1.29 is 23.4 Å². The molecule has 0 saturated carbocycles. The Labute approximate surface area is 110 Å². The summed E-state index contributed by atoms with van der Waals surface area (Å²) in [5.74, 6) is -1.15. The predicted molar refractivity (Wildman–Crippen MR) is 67.5 cm³/mol. The summed E-state index contributed by atoms with van der Waals surface area (Å²) in [5, 5.41) is 17.8. The van der Waals surface area contributed by atoms with E-state index in [9.17, 15) is 13.2 Å². The van der Waals surface area contributed by atoms with Crippen LogP contribution in [0.4, 0.5) is 0 Å². The molecule has 0 aliphatic carbocycles. The number of aryl methyl sites for hydroxylation is 1. The van der Waals surface area contributed by atoms with Crippen molar-refractivity contribution in [2.24, 2.45) is 0 Å². The van der Waals surface area contributed by atoms with Crippen LogP contribution in [0.2, 0.25) is 0 Å². The highest BCUT2D eigenvalue weighted by molar-refractivity contribution is 7.89. The molecular formula is C10H15NO5S2. The fourth-order valence-corrected chi connectivity index (χ4v) is 4.08. The van der Waals surface area contributed by atoms with E-state index < -0.39 is 22.0 Å². The number of sulfonamides is 1. The Balaban J connectivity index is 3.24. The predicted octanol–water partition coefficient (Wildman–Crippen LogP) is 0.756. The van der Waals surface area contributed by atoms with E-state index in [1.807, 2.05) is 0 Å². The van der Waals surface area contributed by atoms with Crippen LogP contribution in [0.3, 0.4) is 0 Å². The molecule has 1 rings (SSSR count). The molecule has 1 unspecified atom stereocenters. The number of aromatic carboxylic acids is 1. The Morgan fingerprint density at radius 1 is 1.56 bits per heavy atom. The lowest BCUT2D eigenvalue weighted by Crippen LogP contribution is -2.37. The number of hydrogen-bond acceptors (Lipinski definition) is 5. The number of aliphatic hydroxyl groups excluding tert-OH is 1. The van der Waals surface area contributed by atoms with Crippen molar-refractivity contribution in [3.8, 4) is 0 Å². The smallest absolute Gasteiger partial charge is 0.345 e. The molecule has 0 fully saturated rings. The van der Waals surface area contributed by atoms with Crippen molar-refractivity contribution in [2.75, 3.05) is 13.7 Å². The van der Waals surface area contributed by atoms with E-state index in [4.69, 9.17) is 10.2 Å². The van der Waals surface area contributed by atoms with Crippen molar-refractivity contribution in [2.45, 2.75) is 24.8 Å². The molecule has 1 heterocycles. The van der Waals surface area contributed by atoms with E-state index in [-0.39, 0.29) is 16.4 Å². The lowest BCUT2D eigenvalue weighted by atomic mass is 10.4. The fourth-order valence-electron chi connectivity index (χ4n) is 1.33. The molecule has 0 amide bonds. The summed E-state index contributed by atoms with van der Waals surface area (Å²) in [4.78, 5) is 11.2. The zero-order chi connectivity index (χ0) is 14.1. The summed E-state index contributed by atoms with van der Waals surface area (Å²) in [6, 6.07) is 0.584. The van der Waals surface area contributed by atoms with Gasteiger partial charge in [-0.2, -0.15) is 4.31 Å².